The van der Waals surface area contributed by atoms with Crippen LogP contribution in [0.5, 0.6) is 0 Å². The highest BCUT2D eigenvalue weighted by Crippen LogP contribution is 2.49. The Bertz CT molecular complexity index is 1360. The van der Waals surface area contributed by atoms with Crippen molar-refractivity contribution in [2.24, 2.45) is 0 Å². The second kappa shape index (κ2) is 9.70. The average molecular weight is 483 g/mol. The molecule has 0 bridgehead atoms. The normalized spacial score (nSPS) is 14.5. The molecule has 1 atom stereocenters. The van der Waals surface area contributed by atoms with E-state index < -0.39 is 17.6 Å². The van der Waals surface area contributed by atoms with Crippen molar-refractivity contribution >= 4 is 17.9 Å². The number of nitrogens with one attached hydrogen (secondary N) is 1. The fourth-order valence-electron chi connectivity index (χ4n) is 4.35. The molecule has 0 aliphatic heterocycles. The fourth-order valence-corrected chi connectivity index (χ4v) is 4.35. The fraction of sp³-hybridized carbons (Fsp3) is 0.207. The van der Waals surface area contributed by atoms with Gasteiger partial charge in [-0.05, 0) is 42.0 Å². The molecule has 1 aromatic heterocycles. The Balaban J connectivity index is 1.27. The molecular formula is C29H26N2O5. The van der Waals surface area contributed by atoms with Crippen molar-refractivity contribution in [2.75, 3.05) is 12.4 Å². The summed E-state index contributed by atoms with van der Waals surface area (Å²) in [5, 5.41) is 2.67. The van der Waals surface area contributed by atoms with Crippen molar-refractivity contribution < 1.29 is 23.5 Å². The van der Waals surface area contributed by atoms with E-state index in [1.54, 1.807) is 0 Å². The monoisotopic (exact) mass is 482 g/mol. The summed E-state index contributed by atoms with van der Waals surface area (Å²) in [7, 11) is 1.43. The van der Waals surface area contributed by atoms with Crippen molar-refractivity contribution in [3.05, 3.63) is 96.4 Å². The molecule has 1 amide bonds. The Labute approximate surface area is 209 Å². The number of aromatic nitrogens is 1. The molecule has 0 radical (unpaired) electrons. The third-order valence-corrected chi connectivity index (χ3v) is 6.58. The predicted molar refractivity (Wildman–Crippen MR) is 135 cm³/mol. The highest BCUT2D eigenvalue weighted by atomic mass is 16.6. The minimum Gasteiger partial charge on any atom is -0.468 e. The van der Waals surface area contributed by atoms with Crippen LogP contribution in [0.4, 0.5) is 10.6 Å². The van der Waals surface area contributed by atoms with Crippen LogP contribution in [-0.4, -0.2) is 24.2 Å². The van der Waals surface area contributed by atoms with Gasteiger partial charge in [-0.1, -0.05) is 78.9 Å². The molecule has 7 nitrogen and oxygen atoms in total. The van der Waals surface area contributed by atoms with Gasteiger partial charge in [0.15, 0.2) is 18.0 Å². The standard InChI is InChI=1S/C29H26N2O5/c1-19(20-6-4-3-5-7-20)36-28(33)31-26-25(35-18-30-26)23-10-8-21(9-11-23)22-12-14-24(15-13-22)29(16-17-29)27(32)34-2/h3-15,18-19H,16-17H2,1-2H3,(H,31,33). The van der Waals surface area contributed by atoms with Gasteiger partial charge in [0.05, 0.1) is 12.5 Å². The van der Waals surface area contributed by atoms with Crippen LogP contribution in [0.15, 0.2) is 89.7 Å². The lowest BCUT2D eigenvalue weighted by Gasteiger charge is -2.14. The Kier molecular flexibility index (Phi) is 6.29. The predicted octanol–water partition coefficient (Wildman–Crippen LogP) is 6.52. The van der Waals surface area contributed by atoms with Gasteiger partial charge in [-0.3, -0.25) is 10.1 Å². The number of hydrogen-bond acceptors (Lipinski definition) is 6. The number of anilines is 1. The van der Waals surface area contributed by atoms with E-state index in [9.17, 15) is 9.59 Å². The number of nitrogens with zero attached hydrogens (tertiary/aromatic N) is 1. The lowest BCUT2D eigenvalue weighted by molar-refractivity contribution is -0.143. The van der Waals surface area contributed by atoms with Crippen LogP contribution in [0.25, 0.3) is 22.5 Å². The molecule has 1 heterocycles. The Hall–Kier alpha value is -4.39. The summed E-state index contributed by atoms with van der Waals surface area (Å²) in [6, 6.07) is 25.3. The van der Waals surface area contributed by atoms with Gasteiger partial charge in [0.25, 0.3) is 0 Å². The second-order valence-corrected chi connectivity index (χ2v) is 8.84. The number of oxazole rings is 1. The highest BCUT2D eigenvalue weighted by Gasteiger charge is 2.52. The number of carbonyl (C=O) groups excluding carboxylic acids is 2. The minimum absolute atomic E-state index is 0.172. The lowest BCUT2D eigenvalue weighted by Crippen LogP contribution is -2.21. The summed E-state index contributed by atoms with van der Waals surface area (Å²) in [5.74, 6) is 0.555. The zero-order chi connectivity index (χ0) is 25.1. The van der Waals surface area contributed by atoms with Crippen molar-refractivity contribution in [3.63, 3.8) is 0 Å². The Morgan fingerprint density at radius 3 is 2.14 bits per heavy atom. The van der Waals surface area contributed by atoms with Gasteiger partial charge >= 0.3 is 12.1 Å². The molecule has 3 aromatic carbocycles. The van der Waals surface area contributed by atoms with E-state index in [0.717, 1.165) is 40.7 Å². The van der Waals surface area contributed by atoms with Crippen molar-refractivity contribution in [1.82, 2.24) is 4.98 Å². The van der Waals surface area contributed by atoms with E-state index in [2.05, 4.69) is 10.3 Å². The summed E-state index contributed by atoms with van der Waals surface area (Å²) < 4.78 is 16.0. The molecule has 182 valence electrons. The number of carbonyl (C=O) groups is 2. The molecule has 1 saturated carbocycles. The first-order chi connectivity index (χ1) is 17.5. The van der Waals surface area contributed by atoms with E-state index in [0.29, 0.717) is 5.76 Å². The van der Waals surface area contributed by atoms with Crippen LogP contribution >= 0.6 is 0 Å². The van der Waals surface area contributed by atoms with Gasteiger partial charge in [-0.25, -0.2) is 4.79 Å². The average Bonchev–Trinajstić information content (AvgIpc) is 3.61. The van der Waals surface area contributed by atoms with Crippen LogP contribution in [0.1, 0.15) is 37.0 Å². The van der Waals surface area contributed by atoms with Gasteiger partial charge in [-0.2, -0.15) is 4.98 Å². The maximum Gasteiger partial charge on any atom is 0.413 e. The van der Waals surface area contributed by atoms with Gasteiger partial charge in [0.1, 0.15) is 6.10 Å². The molecule has 0 saturated heterocycles. The molecule has 4 aromatic rings. The van der Waals surface area contributed by atoms with E-state index in [1.165, 1.54) is 13.5 Å². The number of methoxy groups -OCH3 is 1. The number of hydrogen-bond donors (Lipinski definition) is 1. The highest BCUT2D eigenvalue weighted by molar-refractivity contribution is 5.88. The third-order valence-electron chi connectivity index (χ3n) is 6.58. The quantitative estimate of drug-likeness (QED) is 0.302. The van der Waals surface area contributed by atoms with E-state index in [4.69, 9.17) is 13.9 Å². The van der Waals surface area contributed by atoms with Crippen molar-refractivity contribution in [3.8, 4) is 22.5 Å². The first-order valence-electron chi connectivity index (χ1n) is 11.8. The van der Waals surface area contributed by atoms with Crippen molar-refractivity contribution in [1.29, 1.82) is 0 Å². The van der Waals surface area contributed by atoms with Crippen LogP contribution in [0.3, 0.4) is 0 Å². The molecule has 1 aliphatic rings. The molecule has 1 fully saturated rings. The van der Waals surface area contributed by atoms with Gasteiger partial charge in [0.2, 0.25) is 0 Å². The zero-order valence-corrected chi connectivity index (χ0v) is 20.1. The first-order valence-corrected chi connectivity index (χ1v) is 11.8. The summed E-state index contributed by atoms with van der Waals surface area (Å²) in [6.07, 6.45) is 1.90. The van der Waals surface area contributed by atoms with E-state index in [-0.39, 0.29) is 11.8 Å². The summed E-state index contributed by atoms with van der Waals surface area (Å²) >= 11 is 0. The van der Waals surface area contributed by atoms with E-state index in [1.807, 2.05) is 85.8 Å². The molecule has 1 N–H and O–H groups in total. The number of rotatable bonds is 7. The van der Waals surface area contributed by atoms with Crippen LogP contribution in [0.2, 0.25) is 0 Å². The topological polar surface area (TPSA) is 90.7 Å². The molecule has 0 spiro atoms. The summed E-state index contributed by atoms with van der Waals surface area (Å²) in [4.78, 5) is 28.7. The molecule has 1 aliphatic carbocycles. The van der Waals surface area contributed by atoms with Crippen LogP contribution in [-0.2, 0) is 19.7 Å². The SMILES string of the molecule is COC(=O)C1(c2ccc(-c3ccc(-c4ocnc4NC(=O)OC(C)c4ccccc4)cc3)cc2)CC1. The first kappa shape index (κ1) is 23.4. The van der Waals surface area contributed by atoms with Gasteiger partial charge < -0.3 is 13.9 Å². The summed E-state index contributed by atoms with van der Waals surface area (Å²) in [5.41, 5.74) is 4.21. The van der Waals surface area contributed by atoms with Gasteiger partial charge in [0, 0.05) is 5.56 Å². The molecule has 1 unspecified atom stereocenters. The number of ether oxygens (including phenoxy) is 2. The minimum atomic E-state index is -0.612. The summed E-state index contributed by atoms with van der Waals surface area (Å²) in [6.45, 7) is 1.81. The molecule has 7 heteroatoms. The maximum absolute atomic E-state index is 12.4. The smallest absolute Gasteiger partial charge is 0.413 e. The van der Waals surface area contributed by atoms with Gasteiger partial charge in [-0.15, -0.1) is 0 Å². The molecule has 36 heavy (non-hydrogen) atoms. The number of esters is 1. The maximum atomic E-state index is 12.4. The lowest BCUT2D eigenvalue weighted by atomic mass is 9.93. The third kappa shape index (κ3) is 4.60. The van der Waals surface area contributed by atoms with Crippen LogP contribution in [0, 0.1) is 0 Å². The van der Waals surface area contributed by atoms with Crippen LogP contribution < -0.4 is 5.32 Å². The second-order valence-electron chi connectivity index (χ2n) is 8.84. The van der Waals surface area contributed by atoms with E-state index >= 15 is 0 Å². The Morgan fingerprint density at radius 1 is 0.917 bits per heavy atom. The number of benzene rings is 3. The number of amides is 1. The molecule has 5 rings (SSSR count). The largest absolute Gasteiger partial charge is 0.468 e. The molecular weight excluding hydrogens is 456 g/mol. The zero-order valence-electron chi connectivity index (χ0n) is 20.1. The Morgan fingerprint density at radius 2 is 1.53 bits per heavy atom. The van der Waals surface area contributed by atoms with Crippen molar-refractivity contribution in [2.45, 2.75) is 31.3 Å².